The molecule has 1 saturated heterocycles. The van der Waals surface area contributed by atoms with Crippen molar-refractivity contribution in [2.24, 2.45) is 4.99 Å². The molecule has 3 N–H and O–H groups in total. The lowest BCUT2D eigenvalue weighted by Gasteiger charge is -2.21. The summed E-state index contributed by atoms with van der Waals surface area (Å²) in [7, 11) is 2.83. The van der Waals surface area contributed by atoms with Gasteiger partial charge in [-0.05, 0) is 24.3 Å². The van der Waals surface area contributed by atoms with Crippen molar-refractivity contribution in [3.8, 4) is 5.75 Å². The van der Waals surface area contributed by atoms with Crippen LogP contribution in [0.1, 0.15) is 11.5 Å². The van der Waals surface area contributed by atoms with Gasteiger partial charge in [0, 0.05) is 42.9 Å². The standard InChI is InChI=1S/C19H19F3N4O2/c1-23-18-17(26-19(27)25-11-5-3-10(20)4-6-11)13(9-24-18)16-14(21)7-12(28-2)8-15(16)22/h3-8,13,17H,9H2,1-2H3,(H,23,24)(H2,25,26,27)/t13-,17-/m0/s1. The maximum Gasteiger partial charge on any atom is 0.319 e. The average molecular weight is 392 g/mol. The summed E-state index contributed by atoms with van der Waals surface area (Å²) in [4.78, 5) is 16.4. The van der Waals surface area contributed by atoms with Crippen LogP contribution in [0.4, 0.5) is 23.7 Å². The molecule has 9 heteroatoms. The molecule has 0 bridgehead atoms. The van der Waals surface area contributed by atoms with Crippen molar-refractivity contribution in [2.75, 3.05) is 26.0 Å². The Morgan fingerprint density at radius 3 is 2.39 bits per heavy atom. The summed E-state index contributed by atoms with van der Waals surface area (Å²) < 4.78 is 46.9. The predicted molar refractivity (Wildman–Crippen MR) is 99.4 cm³/mol. The van der Waals surface area contributed by atoms with Crippen molar-refractivity contribution >= 4 is 17.6 Å². The lowest BCUT2D eigenvalue weighted by atomic mass is 9.92. The Hall–Kier alpha value is -3.23. The molecule has 2 aromatic carbocycles. The number of halogens is 3. The van der Waals surface area contributed by atoms with Crippen molar-refractivity contribution in [1.82, 2.24) is 10.6 Å². The van der Waals surface area contributed by atoms with Crippen LogP contribution in [-0.4, -0.2) is 38.6 Å². The van der Waals surface area contributed by atoms with Crippen LogP contribution in [0.5, 0.6) is 5.75 Å². The minimum absolute atomic E-state index is 0.0626. The van der Waals surface area contributed by atoms with Crippen LogP contribution in [0, 0.1) is 17.5 Å². The molecule has 6 nitrogen and oxygen atoms in total. The van der Waals surface area contributed by atoms with E-state index in [9.17, 15) is 18.0 Å². The highest BCUT2D eigenvalue weighted by Crippen LogP contribution is 2.31. The number of amidine groups is 1. The second-order valence-electron chi connectivity index (χ2n) is 6.18. The average Bonchev–Trinajstić information content (AvgIpc) is 3.05. The zero-order valence-corrected chi connectivity index (χ0v) is 15.2. The van der Waals surface area contributed by atoms with Gasteiger partial charge in [-0.15, -0.1) is 0 Å². The zero-order chi connectivity index (χ0) is 20.3. The van der Waals surface area contributed by atoms with Gasteiger partial charge in [-0.25, -0.2) is 18.0 Å². The second-order valence-corrected chi connectivity index (χ2v) is 6.18. The minimum Gasteiger partial charge on any atom is -0.497 e. The predicted octanol–water partition coefficient (Wildman–Crippen LogP) is 3.02. The van der Waals surface area contributed by atoms with E-state index in [1.54, 1.807) is 0 Å². The van der Waals surface area contributed by atoms with E-state index in [1.165, 1.54) is 38.4 Å². The van der Waals surface area contributed by atoms with E-state index in [2.05, 4.69) is 20.9 Å². The van der Waals surface area contributed by atoms with Crippen LogP contribution in [-0.2, 0) is 0 Å². The molecule has 2 amide bonds. The fourth-order valence-corrected chi connectivity index (χ4v) is 3.16. The highest BCUT2D eigenvalue weighted by atomic mass is 19.1. The van der Waals surface area contributed by atoms with E-state index in [0.29, 0.717) is 11.5 Å². The van der Waals surface area contributed by atoms with E-state index in [-0.39, 0.29) is 17.9 Å². The Morgan fingerprint density at radius 2 is 1.82 bits per heavy atom. The van der Waals surface area contributed by atoms with E-state index in [0.717, 1.165) is 12.1 Å². The number of anilines is 1. The molecule has 28 heavy (non-hydrogen) atoms. The molecule has 0 spiro atoms. The number of rotatable bonds is 4. The summed E-state index contributed by atoms with van der Waals surface area (Å²) in [5.74, 6) is -2.24. The molecule has 2 atom stereocenters. The molecule has 1 aliphatic heterocycles. The maximum atomic E-state index is 14.5. The first kappa shape index (κ1) is 19.5. The molecule has 1 fully saturated rings. The summed E-state index contributed by atoms with van der Waals surface area (Å²) in [6.45, 7) is 0.189. The summed E-state index contributed by atoms with van der Waals surface area (Å²) in [6, 6.07) is 6.01. The number of hydrogen-bond donors (Lipinski definition) is 3. The van der Waals surface area contributed by atoms with E-state index in [4.69, 9.17) is 4.74 Å². The third kappa shape index (κ3) is 4.03. The molecule has 2 aromatic rings. The molecule has 148 valence electrons. The van der Waals surface area contributed by atoms with E-state index < -0.39 is 35.4 Å². The molecule has 0 aliphatic carbocycles. The van der Waals surface area contributed by atoms with Gasteiger partial charge in [-0.2, -0.15) is 0 Å². The van der Waals surface area contributed by atoms with Gasteiger partial charge >= 0.3 is 6.03 Å². The summed E-state index contributed by atoms with van der Waals surface area (Å²) in [6.07, 6.45) is 0. The largest absolute Gasteiger partial charge is 0.497 e. The number of aliphatic imine (C=N–C) groups is 1. The van der Waals surface area contributed by atoms with Crippen molar-refractivity contribution in [3.05, 3.63) is 59.4 Å². The van der Waals surface area contributed by atoms with Gasteiger partial charge < -0.3 is 20.7 Å². The van der Waals surface area contributed by atoms with E-state index in [1.807, 2.05) is 0 Å². The molecule has 1 heterocycles. The number of nitrogens with zero attached hydrogens (tertiary/aromatic N) is 1. The van der Waals surface area contributed by atoms with Crippen LogP contribution in [0.2, 0.25) is 0 Å². The number of hydrogen-bond acceptors (Lipinski definition) is 3. The molecular formula is C19H19F3N4O2. The maximum absolute atomic E-state index is 14.5. The number of urea groups is 1. The molecule has 3 rings (SSSR count). The Morgan fingerprint density at radius 1 is 1.18 bits per heavy atom. The number of nitrogens with one attached hydrogen (secondary N) is 3. The van der Waals surface area contributed by atoms with Crippen molar-refractivity contribution in [1.29, 1.82) is 0 Å². The number of amides is 2. The fraction of sp³-hybridized carbons (Fsp3) is 0.263. The Labute approximate surface area is 159 Å². The lowest BCUT2D eigenvalue weighted by molar-refractivity contribution is 0.250. The number of methoxy groups -OCH3 is 1. The highest BCUT2D eigenvalue weighted by Gasteiger charge is 2.38. The third-order valence-corrected chi connectivity index (χ3v) is 4.49. The SMILES string of the molecule is C/N=C1\NC[C@@H](c2c(F)cc(OC)cc2F)[C@@H]1NC(=O)Nc1ccc(F)cc1. The molecule has 0 unspecified atom stereocenters. The third-order valence-electron chi connectivity index (χ3n) is 4.49. The molecular weight excluding hydrogens is 373 g/mol. The van der Waals surface area contributed by atoms with Crippen LogP contribution in [0.3, 0.4) is 0 Å². The second kappa shape index (κ2) is 8.20. The fourth-order valence-electron chi connectivity index (χ4n) is 3.16. The van der Waals surface area contributed by atoms with Gasteiger partial charge in [0.05, 0.1) is 13.2 Å². The highest BCUT2D eigenvalue weighted by molar-refractivity contribution is 5.97. The summed E-state index contributed by atoms with van der Waals surface area (Å²) in [5, 5.41) is 8.18. The topological polar surface area (TPSA) is 74.8 Å². The Kier molecular flexibility index (Phi) is 5.72. The molecule has 0 aromatic heterocycles. The summed E-state index contributed by atoms with van der Waals surface area (Å²) >= 11 is 0. The van der Waals surface area contributed by atoms with Gasteiger partial charge in [0.15, 0.2) is 0 Å². The molecule has 0 radical (unpaired) electrons. The van der Waals surface area contributed by atoms with Crippen LogP contribution >= 0.6 is 0 Å². The number of carbonyl (C=O) groups is 1. The van der Waals surface area contributed by atoms with Crippen molar-refractivity contribution in [3.63, 3.8) is 0 Å². The Bertz CT molecular complexity index is 880. The van der Waals surface area contributed by atoms with Gasteiger partial charge in [-0.1, -0.05) is 0 Å². The monoisotopic (exact) mass is 392 g/mol. The Balaban J connectivity index is 1.83. The number of benzene rings is 2. The molecule has 1 aliphatic rings. The van der Waals surface area contributed by atoms with Crippen LogP contribution in [0.25, 0.3) is 0 Å². The first-order valence-electron chi connectivity index (χ1n) is 8.49. The number of ether oxygens (including phenoxy) is 1. The molecule has 0 saturated carbocycles. The van der Waals surface area contributed by atoms with Gasteiger partial charge in [0.2, 0.25) is 0 Å². The van der Waals surface area contributed by atoms with Crippen LogP contribution < -0.4 is 20.7 Å². The number of carbonyl (C=O) groups excluding carboxylic acids is 1. The quantitative estimate of drug-likeness (QED) is 0.749. The zero-order valence-electron chi connectivity index (χ0n) is 15.2. The van der Waals surface area contributed by atoms with Gasteiger partial charge in [0.1, 0.15) is 29.0 Å². The van der Waals surface area contributed by atoms with Crippen LogP contribution in [0.15, 0.2) is 41.4 Å². The van der Waals surface area contributed by atoms with Gasteiger partial charge in [-0.3, -0.25) is 4.99 Å². The van der Waals surface area contributed by atoms with E-state index >= 15 is 0 Å². The normalized spacial score (nSPS) is 20.0. The lowest BCUT2D eigenvalue weighted by Crippen LogP contribution is -2.45. The smallest absolute Gasteiger partial charge is 0.319 e. The minimum atomic E-state index is -0.775. The summed E-state index contributed by atoms with van der Waals surface area (Å²) in [5.41, 5.74) is 0.206. The van der Waals surface area contributed by atoms with Crippen molar-refractivity contribution in [2.45, 2.75) is 12.0 Å². The first-order valence-corrected chi connectivity index (χ1v) is 8.49. The first-order chi connectivity index (χ1) is 13.4. The van der Waals surface area contributed by atoms with Gasteiger partial charge in [0.25, 0.3) is 0 Å². The van der Waals surface area contributed by atoms with Crippen molar-refractivity contribution < 1.29 is 22.7 Å².